The maximum Gasteiger partial charge on any atom is 0.307 e. The molecule has 1 unspecified atom stereocenters. The van der Waals surface area contributed by atoms with Crippen LogP contribution in [0.1, 0.15) is 30.0 Å². The molecule has 0 aromatic heterocycles. The Balaban J connectivity index is 2.00. The van der Waals surface area contributed by atoms with E-state index in [1.807, 2.05) is 48.5 Å². The molecule has 126 valence electrons. The van der Waals surface area contributed by atoms with Crippen molar-refractivity contribution < 1.29 is 9.90 Å². The van der Waals surface area contributed by atoms with Crippen molar-refractivity contribution in [1.82, 2.24) is 4.90 Å². The highest BCUT2D eigenvalue weighted by atomic mass is 35.5. The summed E-state index contributed by atoms with van der Waals surface area (Å²) in [7, 11) is 0. The van der Waals surface area contributed by atoms with Crippen molar-refractivity contribution in [3.63, 3.8) is 0 Å². The Hall–Kier alpha value is -1.55. The Morgan fingerprint density at radius 1 is 1.08 bits per heavy atom. The Labute approximate surface area is 151 Å². The average molecular weight is 364 g/mol. The molecule has 24 heavy (non-hydrogen) atoms. The van der Waals surface area contributed by atoms with Gasteiger partial charge in [0, 0.05) is 16.6 Å². The van der Waals surface area contributed by atoms with Crippen LogP contribution in [-0.2, 0) is 4.79 Å². The molecule has 1 fully saturated rings. The molecule has 2 aromatic carbocycles. The lowest BCUT2D eigenvalue weighted by Crippen LogP contribution is -2.41. The Kier molecular flexibility index (Phi) is 5.44. The van der Waals surface area contributed by atoms with E-state index in [0.717, 1.165) is 30.5 Å². The van der Waals surface area contributed by atoms with Gasteiger partial charge < -0.3 is 5.11 Å². The third kappa shape index (κ3) is 3.92. The molecule has 1 N–H and O–H groups in total. The van der Waals surface area contributed by atoms with Crippen LogP contribution in [0.15, 0.2) is 48.5 Å². The highest BCUT2D eigenvalue weighted by Gasteiger charge is 2.31. The number of nitrogens with zero attached hydrogens (tertiary/aromatic N) is 1. The lowest BCUT2D eigenvalue weighted by Gasteiger charge is -2.37. The van der Waals surface area contributed by atoms with Gasteiger partial charge >= 0.3 is 5.97 Å². The van der Waals surface area contributed by atoms with E-state index in [4.69, 9.17) is 23.2 Å². The Morgan fingerprint density at radius 2 is 1.67 bits per heavy atom. The summed E-state index contributed by atoms with van der Waals surface area (Å²) in [6.07, 6.45) is 1.60. The molecule has 3 rings (SSSR count). The van der Waals surface area contributed by atoms with E-state index in [1.165, 1.54) is 0 Å². The van der Waals surface area contributed by atoms with Crippen molar-refractivity contribution in [2.75, 3.05) is 13.1 Å². The van der Waals surface area contributed by atoms with Crippen LogP contribution in [0.2, 0.25) is 10.0 Å². The molecule has 5 heteroatoms. The Morgan fingerprint density at radius 3 is 2.17 bits per heavy atom. The number of hydrogen-bond acceptors (Lipinski definition) is 2. The maximum absolute atomic E-state index is 11.4. The highest BCUT2D eigenvalue weighted by molar-refractivity contribution is 6.31. The molecule has 2 aromatic rings. The molecule has 0 amide bonds. The van der Waals surface area contributed by atoms with Gasteiger partial charge in [-0.1, -0.05) is 47.5 Å². The molecule has 1 aliphatic rings. The predicted octanol–water partition coefficient (Wildman–Crippen LogP) is 4.88. The van der Waals surface area contributed by atoms with E-state index >= 15 is 0 Å². The summed E-state index contributed by atoms with van der Waals surface area (Å²) in [6, 6.07) is 15.4. The second kappa shape index (κ2) is 7.56. The number of benzene rings is 2. The molecule has 3 nitrogen and oxygen atoms in total. The summed E-state index contributed by atoms with van der Waals surface area (Å²) in [4.78, 5) is 13.7. The first-order chi connectivity index (χ1) is 11.5. The number of carboxylic acids is 1. The number of likely N-dealkylation sites (tertiary alicyclic amines) is 1. The van der Waals surface area contributed by atoms with Gasteiger partial charge in [0.15, 0.2) is 0 Å². The summed E-state index contributed by atoms with van der Waals surface area (Å²) in [5, 5.41) is 10.7. The molecule has 0 aliphatic carbocycles. The number of halogens is 2. The number of hydrogen-bond donors (Lipinski definition) is 1. The topological polar surface area (TPSA) is 40.5 Å². The summed E-state index contributed by atoms with van der Waals surface area (Å²) < 4.78 is 0. The number of carboxylic acid groups (broad SMARTS) is 1. The van der Waals surface area contributed by atoms with Gasteiger partial charge in [0.1, 0.15) is 0 Å². The van der Waals surface area contributed by atoms with Gasteiger partial charge in [0.25, 0.3) is 0 Å². The molecule has 1 atom stereocenters. The van der Waals surface area contributed by atoms with E-state index in [1.54, 1.807) is 0 Å². The molecular weight excluding hydrogens is 345 g/mol. The zero-order valence-corrected chi connectivity index (χ0v) is 14.7. The summed E-state index contributed by atoms with van der Waals surface area (Å²) in [5.41, 5.74) is 2.10. The van der Waals surface area contributed by atoms with Crippen LogP contribution < -0.4 is 0 Å². The first kappa shape index (κ1) is 17.3. The van der Waals surface area contributed by atoms with Crippen molar-refractivity contribution >= 4 is 29.2 Å². The average Bonchev–Trinajstić information content (AvgIpc) is 2.55. The summed E-state index contributed by atoms with van der Waals surface area (Å²) in [6.45, 7) is 1.38. The Bertz CT molecular complexity index is 689. The summed E-state index contributed by atoms with van der Waals surface area (Å²) in [5.74, 6) is -1.06. The van der Waals surface area contributed by atoms with E-state index in [-0.39, 0.29) is 12.0 Å². The molecule has 0 bridgehead atoms. The number of carbonyl (C=O) groups is 1. The van der Waals surface area contributed by atoms with Crippen molar-refractivity contribution in [3.05, 3.63) is 69.7 Å². The van der Waals surface area contributed by atoms with Crippen molar-refractivity contribution in [2.45, 2.75) is 18.9 Å². The SMILES string of the molecule is O=C(O)C1CCCN(C(c2cccc(Cl)c2)c2cccc(Cl)c2)C1. The lowest BCUT2D eigenvalue weighted by molar-refractivity contribution is -0.143. The van der Waals surface area contributed by atoms with E-state index < -0.39 is 5.97 Å². The molecule has 0 saturated carbocycles. The van der Waals surface area contributed by atoms with Gasteiger partial charge in [0.05, 0.1) is 12.0 Å². The quantitative estimate of drug-likeness (QED) is 0.841. The summed E-state index contributed by atoms with van der Waals surface area (Å²) >= 11 is 12.4. The predicted molar refractivity (Wildman–Crippen MR) is 96.7 cm³/mol. The second-order valence-electron chi connectivity index (χ2n) is 6.18. The molecular formula is C19H19Cl2NO2. The van der Waals surface area contributed by atoms with Gasteiger partial charge in [-0.2, -0.15) is 0 Å². The van der Waals surface area contributed by atoms with Crippen LogP contribution >= 0.6 is 23.2 Å². The molecule has 0 radical (unpaired) electrons. The fraction of sp³-hybridized carbons (Fsp3) is 0.316. The smallest absolute Gasteiger partial charge is 0.307 e. The zero-order valence-electron chi connectivity index (χ0n) is 13.2. The van der Waals surface area contributed by atoms with Crippen LogP contribution in [-0.4, -0.2) is 29.1 Å². The van der Waals surface area contributed by atoms with Gasteiger partial charge in [-0.3, -0.25) is 9.69 Å². The fourth-order valence-electron chi connectivity index (χ4n) is 3.41. The van der Waals surface area contributed by atoms with Gasteiger partial charge in [-0.15, -0.1) is 0 Å². The molecule has 1 saturated heterocycles. The van der Waals surface area contributed by atoms with Crippen LogP contribution in [0.5, 0.6) is 0 Å². The van der Waals surface area contributed by atoms with Gasteiger partial charge in [-0.05, 0) is 54.8 Å². The minimum absolute atomic E-state index is 0.0513. The van der Waals surface area contributed by atoms with Crippen LogP contribution in [0.4, 0.5) is 0 Å². The number of rotatable bonds is 4. The van der Waals surface area contributed by atoms with Crippen molar-refractivity contribution in [3.8, 4) is 0 Å². The van der Waals surface area contributed by atoms with E-state index in [2.05, 4.69) is 4.90 Å². The monoisotopic (exact) mass is 363 g/mol. The van der Waals surface area contributed by atoms with Crippen LogP contribution in [0, 0.1) is 5.92 Å². The molecule has 1 aliphatic heterocycles. The first-order valence-electron chi connectivity index (χ1n) is 8.02. The van der Waals surface area contributed by atoms with Crippen LogP contribution in [0.25, 0.3) is 0 Å². The number of aliphatic carboxylic acids is 1. The van der Waals surface area contributed by atoms with Crippen molar-refractivity contribution in [2.24, 2.45) is 5.92 Å². The maximum atomic E-state index is 11.4. The standard InChI is InChI=1S/C19H19Cl2NO2/c20-16-7-1-4-13(10-16)18(14-5-2-8-17(21)11-14)22-9-3-6-15(12-22)19(23)24/h1-2,4-5,7-8,10-11,15,18H,3,6,9,12H2,(H,23,24). The minimum atomic E-state index is -0.726. The van der Waals surface area contributed by atoms with Crippen LogP contribution in [0.3, 0.4) is 0 Å². The van der Waals surface area contributed by atoms with Gasteiger partial charge in [-0.25, -0.2) is 0 Å². The second-order valence-corrected chi connectivity index (χ2v) is 7.06. The molecule has 0 spiro atoms. The zero-order chi connectivity index (χ0) is 17.1. The van der Waals surface area contributed by atoms with Crippen molar-refractivity contribution in [1.29, 1.82) is 0 Å². The third-order valence-corrected chi connectivity index (χ3v) is 4.97. The third-order valence-electron chi connectivity index (χ3n) is 4.50. The largest absolute Gasteiger partial charge is 0.481 e. The fourth-order valence-corrected chi connectivity index (χ4v) is 3.81. The molecule has 1 heterocycles. The van der Waals surface area contributed by atoms with E-state index in [0.29, 0.717) is 16.6 Å². The minimum Gasteiger partial charge on any atom is -0.481 e. The first-order valence-corrected chi connectivity index (χ1v) is 8.78. The highest BCUT2D eigenvalue weighted by Crippen LogP contribution is 2.34. The number of piperidine rings is 1. The van der Waals surface area contributed by atoms with E-state index in [9.17, 15) is 9.90 Å². The normalized spacial score (nSPS) is 18.7. The lowest BCUT2D eigenvalue weighted by atomic mass is 9.91. The van der Waals surface area contributed by atoms with Gasteiger partial charge in [0.2, 0.25) is 0 Å².